The van der Waals surface area contributed by atoms with Gasteiger partial charge in [-0.1, -0.05) is 68.4 Å². The average Bonchev–Trinajstić information content (AvgIpc) is 2.92. The van der Waals surface area contributed by atoms with Gasteiger partial charge in [-0.3, -0.25) is 4.79 Å². The van der Waals surface area contributed by atoms with Gasteiger partial charge in [0.1, 0.15) is 37.1 Å². The molecule has 38 heavy (non-hydrogen) atoms. The molecule has 0 aromatic heterocycles. The first-order valence-corrected chi connectivity index (χ1v) is 13.8. The molecular formula is C29H48O9. The molecule has 0 saturated carbocycles. The molecule has 5 N–H and O–H groups in total. The van der Waals surface area contributed by atoms with Crippen LogP contribution < -0.4 is 0 Å². The van der Waals surface area contributed by atoms with Crippen LogP contribution >= 0.6 is 0 Å². The Morgan fingerprint density at radius 3 is 1.97 bits per heavy atom. The first-order chi connectivity index (χ1) is 18.4. The summed E-state index contributed by atoms with van der Waals surface area (Å²) >= 11 is 0. The Morgan fingerprint density at radius 2 is 1.39 bits per heavy atom. The van der Waals surface area contributed by atoms with Crippen molar-refractivity contribution in [1.29, 1.82) is 0 Å². The van der Waals surface area contributed by atoms with Gasteiger partial charge in [-0.15, -0.1) is 0 Å². The van der Waals surface area contributed by atoms with Gasteiger partial charge in [-0.05, 0) is 44.9 Å². The van der Waals surface area contributed by atoms with E-state index in [2.05, 4.69) is 49.5 Å². The molecule has 1 saturated heterocycles. The largest absolute Gasteiger partial charge is 0.463 e. The number of aliphatic hydroxyl groups excluding tert-OH is 5. The van der Waals surface area contributed by atoms with E-state index in [0.717, 1.165) is 25.7 Å². The standard InChI is InChI=1S/C29H48O9/c1-2-3-4-5-6-7-8-9-10-11-12-13-14-15-16-17-18-19-25(32)36-21-23(31)22-37-29-28(35)27(34)26(33)24(20-30)38-29/h6-7,9-10,12-13,15-16,23-24,26-31,33-35H,2-5,8,11,14,17-22H2,1H3/b7-6-,10-9-,13-12-,16-15-/t23?,24-,26-,27+,28-,29-/m1/s1. The van der Waals surface area contributed by atoms with Gasteiger partial charge in [0.2, 0.25) is 0 Å². The van der Waals surface area contributed by atoms with Crippen molar-refractivity contribution in [3.05, 3.63) is 48.6 Å². The molecule has 1 rings (SSSR count). The van der Waals surface area contributed by atoms with E-state index in [9.17, 15) is 30.3 Å². The van der Waals surface area contributed by atoms with Gasteiger partial charge in [-0.2, -0.15) is 0 Å². The van der Waals surface area contributed by atoms with Crippen molar-refractivity contribution in [3.63, 3.8) is 0 Å². The fourth-order valence-corrected chi connectivity index (χ4v) is 3.65. The Morgan fingerprint density at radius 1 is 0.816 bits per heavy atom. The molecule has 0 aromatic rings. The van der Waals surface area contributed by atoms with E-state index in [1.807, 2.05) is 6.08 Å². The van der Waals surface area contributed by atoms with Crippen molar-refractivity contribution >= 4 is 5.97 Å². The highest BCUT2D eigenvalue weighted by atomic mass is 16.7. The van der Waals surface area contributed by atoms with E-state index >= 15 is 0 Å². The summed E-state index contributed by atoms with van der Waals surface area (Å²) in [4.78, 5) is 11.9. The summed E-state index contributed by atoms with van der Waals surface area (Å²) < 4.78 is 15.4. The lowest BCUT2D eigenvalue weighted by Gasteiger charge is -2.39. The van der Waals surface area contributed by atoms with Gasteiger partial charge in [0.25, 0.3) is 0 Å². The summed E-state index contributed by atoms with van der Waals surface area (Å²) in [5.41, 5.74) is 0. The predicted molar refractivity (Wildman–Crippen MR) is 145 cm³/mol. The highest BCUT2D eigenvalue weighted by Gasteiger charge is 2.44. The third kappa shape index (κ3) is 15.5. The van der Waals surface area contributed by atoms with Crippen LogP contribution in [0.4, 0.5) is 0 Å². The Labute approximate surface area is 227 Å². The van der Waals surface area contributed by atoms with Crippen molar-refractivity contribution in [2.24, 2.45) is 0 Å². The fraction of sp³-hybridized carbons (Fsp3) is 0.690. The normalized spacial score (nSPS) is 25.3. The van der Waals surface area contributed by atoms with Crippen molar-refractivity contribution in [1.82, 2.24) is 0 Å². The van der Waals surface area contributed by atoms with E-state index in [1.54, 1.807) is 0 Å². The van der Waals surface area contributed by atoms with E-state index in [-0.39, 0.29) is 19.6 Å². The summed E-state index contributed by atoms with van der Waals surface area (Å²) in [6.45, 7) is 1.01. The van der Waals surface area contributed by atoms with Gasteiger partial charge < -0.3 is 39.7 Å². The Hall–Kier alpha value is -1.85. The lowest BCUT2D eigenvalue weighted by molar-refractivity contribution is -0.305. The molecule has 1 fully saturated rings. The number of ether oxygens (including phenoxy) is 3. The summed E-state index contributed by atoms with van der Waals surface area (Å²) in [6.07, 6.45) is 18.3. The minimum Gasteiger partial charge on any atom is -0.463 e. The summed E-state index contributed by atoms with van der Waals surface area (Å²) in [6, 6.07) is 0. The first kappa shape index (κ1) is 34.2. The number of esters is 1. The topological polar surface area (TPSA) is 146 Å². The van der Waals surface area contributed by atoms with Crippen LogP contribution in [0.3, 0.4) is 0 Å². The number of aliphatic hydroxyl groups is 5. The van der Waals surface area contributed by atoms with Crippen LogP contribution in [-0.2, 0) is 19.0 Å². The molecule has 0 spiro atoms. The van der Waals surface area contributed by atoms with Crippen LogP contribution in [0.2, 0.25) is 0 Å². The van der Waals surface area contributed by atoms with Gasteiger partial charge >= 0.3 is 5.97 Å². The van der Waals surface area contributed by atoms with Crippen LogP contribution in [0.15, 0.2) is 48.6 Å². The Bertz CT molecular complexity index is 717. The maximum absolute atomic E-state index is 11.9. The molecule has 1 heterocycles. The van der Waals surface area contributed by atoms with Crippen LogP contribution in [0.25, 0.3) is 0 Å². The predicted octanol–water partition coefficient (Wildman–Crippen LogP) is 2.85. The van der Waals surface area contributed by atoms with E-state index in [4.69, 9.17) is 14.2 Å². The minimum absolute atomic E-state index is 0.221. The summed E-state index contributed by atoms with van der Waals surface area (Å²) in [7, 11) is 0. The van der Waals surface area contributed by atoms with E-state index in [0.29, 0.717) is 6.42 Å². The van der Waals surface area contributed by atoms with E-state index in [1.165, 1.54) is 25.7 Å². The van der Waals surface area contributed by atoms with Crippen LogP contribution in [0.5, 0.6) is 0 Å². The number of allylic oxidation sites excluding steroid dienone is 8. The first-order valence-electron chi connectivity index (χ1n) is 13.8. The zero-order valence-corrected chi connectivity index (χ0v) is 22.6. The number of hydrogen-bond acceptors (Lipinski definition) is 9. The molecule has 0 aliphatic carbocycles. The van der Waals surface area contributed by atoms with Gasteiger partial charge in [0, 0.05) is 6.42 Å². The molecule has 1 unspecified atom stereocenters. The number of hydrogen-bond donors (Lipinski definition) is 5. The Kier molecular flexibility index (Phi) is 19.8. The van der Waals surface area contributed by atoms with Crippen LogP contribution in [-0.4, -0.2) is 88.1 Å². The summed E-state index contributed by atoms with van der Waals surface area (Å²) in [5.74, 6) is -0.437. The van der Waals surface area contributed by atoms with E-state index < -0.39 is 49.4 Å². The molecule has 0 amide bonds. The van der Waals surface area contributed by atoms with Gasteiger partial charge in [0.15, 0.2) is 6.29 Å². The molecule has 1 aliphatic heterocycles. The van der Waals surface area contributed by atoms with Crippen LogP contribution in [0, 0.1) is 0 Å². The third-order valence-electron chi connectivity index (χ3n) is 5.95. The van der Waals surface area contributed by atoms with Crippen LogP contribution in [0.1, 0.15) is 71.1 Å². The maximum Gasteiger partial charge on any atom is 0.305 e. The summed E-state index contributed by atoms with van der Waals surface area (Å²) in [5, 5.41) is 48.5. The second kappa shape index (κ2) is 22.0. The van der Waals surface area contributed by atoms with Gasteiger partial charge in [-0.25, -0.2) is 0 Å². The second-order valence-electron chi connectivity index (χ2n) is 9.35. The molecule has 218 valence electrons. The second-order valence-corrected chi connectivity index (χ2v) is 9.35. The highest BCUT2D eigenvalue weighted by molar-refractivity contribution is 5.69. The molecule has 6 atom stereocenters. The molecule has 0 bridgehead atoms. The molecule has 9 nitrogen and oxygen atoms in total. The molecule has 0 radical (unpaired) electrons. The van der Waals surface area contributed by atoms with Crippen molar-refractivity contribution < 1.29 is 44.5 Å². The molecule has 1 aliphatic rings. The lowest BCUT2D eigenvalue weighted by atomic mass is 9.99. The number of carbonyl (C=O) groups excluding carboxylic acids is 1. The molecular weight excluding hydrogens is 492 g/mol. The fourth-order valence-electron chi connectivity index (χ4n) is 3.65. The third-order valence-corrected chi connectivity index (χ3v) is 5.95. The Balaban J connectivity index is 2.05. The number of rotatable bonds is 20. The monoisotopic (exact) mass is 540 g/mol. The number of carbonyl (C=O) groups is 1. The average molecular weight is 541 g/mol. The maximum atomic E-state index is 11.9. The van der Waals surface area contributed by atoms with Crippen molar-refractivity contribution in [2.75, 3.05) is 19.8 Å². The number of unbranched alkanes of at least 4 members (excludes halogenated alkanes) is 4. The zero-order valence-electron chi connectivity index (χ0n) is 22.6. The molecule has 0 aromatic carbocycles. The van der Waals surface area contributed by atoms with Crippen molar-refractivity contribution in [3.8, 4) is 0 Å². The molecule has 9 heteroatoms. The van der Waals surface area contributed by atoms with Gasteiger partial charge in [0.05, 0.1) is 13.2 Å². The van der Waals surface area contributed by atoms with Crippen molar-refractivity contribution in [2.45, 2.75) is 108 Å². The lowest BCUT2D eigenvalue weighted by Crippen LogP contribution is -2.59. The SMILES string of the molecule is CCCCC/C=C\C/C=C\C/C=C\C/C=C\CCCC(=O)OCC(O)CO[C@@H]1O[C@H](CO)[C@@H](O)[C@H](O)[C@H]1O. The highest BCUT2D eigenvalue weighted by Crippen LogP contribution is 2.22. The quantitative estimate of drug-likeness (QED) is 0.0894. The zero-order chi connectivity index (χ0) is 28.0. The smallest absolute Gasteiger partial charge is 0.305 e. The minimum atomic E-state index is -1.56.